The molecule has 0 saturated heterocycles. The molecule has 5 heteroatoms. The minimum atomic E-state index is 0.0392. The maximum atomic E-state index is 9.29. The molecule has 0 aliphatic carbocycles. The summed E-state index contributed by atoms with van der Waals surface area (Å²) in [4.78, 5) is 4.42. The van der Waals surface area contributed by atoms with Crippen LogP contribution in [0.4, 0.5) is 11.6 Å². The van der Waals surface area contributed by atoms with Crippen LogP contribution < -0.4 is 10.6 Å². The number of nitrogens with one attached hydrogen (secondary N) is 2. The average molecular weight is 296 g/mol. The Labute approximate surface area is 130 Å². The zero-order chi connectivity index (χ0) is 15.8. The maximum Gasteiger partial charge on any atom is 0.146 e. The van der Waals surface area contributed by atoms with Crippen LogP contribution in [0.1, 0.15) is 16.7 Å². The molecule has 22 heavy (non-hydrogen) atoms. The minimum absolute atomic E-state index is 0.0392. The van der Waals surface area contributed by atoms with E-state index in [1.807, 2.05) is 31.2 Å². The van der Waals surface area contributed by atoms with Crippen LogP contribution in [0.2, 0.25) is 0 Å². The Kier molecular flexibility index (Phi) is 5.75. The van der Waals surface area contributed by atoms with Crippen molar-refractivity contribution in [1.82, 2.24) is 4.98 Å². The molecule has 0 aliphatic heterocycles. The molecule has 1 aromatic carbocycles. The highest BCUT2D eigenvalue weighted by Crippen LogP contribution is 2.20. The number of anilines is 2. The first-order chi connectivity index (χ1) is 10.7. The topological polar surface area (TPSA) is 81.0 Å². The van der Waals surface area contributed by atoms with Gasteiger partial charge in [0.25, 0.3) is 0 Å². The van der Waals surface area contributed by atoms with E-state index in [2.05, 4.69) is 33.8 Å². The largest absolute Gasteiger partial charge is 0.395 e. The van der Waals surface area contributed by atoms with Gasteiger partial charge in [-0.25, -0.2) is 4.98 Å². The Hall–Kier alpha value is -2.58. The van der Waals surface area contributed by atoms with Gasteiger partial charge in [-0.15, -0.1) is 0 Å². The van der Waals surface area contributed by atoms with Crippen LogP contribution in [0, 0.1) is 18.3 Å². The molecule has 114 valence electrons. The number of hydrogen-bond acceptors (Lipinski definition) is 5. The summed E-state index contributed by atoms with van der Waals surface area (Å²) in [5, 5.41) is 24.4. The summed E-state index contributed by atoms with van der Waals surface area (Å²) in [5.74, 6) is 1.24. The Morgan fingerprint density at radius 2 is 1.95 bits per heavy atom. The van der Waals surface area contributed by atoms with Crippen molar-refractivity contribution in [2.45, 2.75) is 13.3 Å². The lowest BCUT2D eigenvalue weighted by Gasteiger charge is -2.12. The van der Waals surface area contributed by atoms with Crippen LogP contribution in [0.3, 0.4) is 0 Å². The van der Waals surface area contributed by atoms with Gasteiger partial charge in [-0.2, -0.15) is 5.26 Å². The van der Waals surface area contributed by atoms with E-state index in [0.29, 0.717) is 30.3 Å². The van der Waals surface area contributed by atoms with E-state index in [1.54, 1.807) is 0 Å². The average Bonchev–Trinajstić information content (AvgIpc) is 2.54. The summed E-state index contributed by atoms with van der Waals surface area (Å²) in [5.41, 5.74) is 2.66. The first kappa shape index (κ1) is 15.8. The number of aryl methyl sites for hydroxylation is 1. The van der Waals surface area contributed by atoms with Gasteiger partial charge < -0.3 is 15.7 Å². The van der Waals surface area contributed by atoms with Crippen LogP contribution in [0.25, 0.3) is 0 Å². The minimum Gasteiger partial charge on any atom is -0.395 e. The number of pyridine rings is 1. The highest BCUT2D eigenvalue weighted by molar-refractivity contribution is 5.60. The van der Waals surface area contributed by atoms with Crippen LogP contribution >= 0.6 is 0 Å². The molecule has 2 aromatic rings. The summed E-state index contributed by atoms with van der Waals surface area (Å²) >= 11 is 0. The number of aliphatic hydroxyl groups is 1. The van der Waals surface area contributed by atoms with Crippen molar-refractivity contribution in [3.05, 3.63) is 53.1 Å². The van der Waals surface area contributed by atoms with E-state index < -0.39 is 0 Å². The zero-order valence-corrected chi connectivity index (χ0v) is 12.6. The van der Waals surface area contributed by atoms with E-state index >= 15 is 0 Å². The van der Waals surface area contributed by atoms with Gasteiger partial charge in [0.05, 0.1) is 12.2 Å². The Morgan fingerprint density at radius 1 is 1.18 bits per heavy atom. The summed E-state index contributed by atoms with van der Waals surface area (Å²) < 4.78 is 0. The molecule has 0 bridgehead atoms. The molecule has 0 aliphatic rings. The van der Waals surface area contributed by atoms with Gasteiger partial charge in [0.15, 0.2) is 0 Å². The van der Waals surface area contributed by atoms with E-state index in [1.165, 1.54) is 5.56 Å². The van der Waals surface area contributed by atoms with Crippen molar-refractivity contribution in [3.8, 4) is 6.07 Å². The molecule has 0 saturated carbocycles. The Balaban J connectivity index is 2.07. The smallest absolute Gasteiger partial charge is 0.146 e. The van der Waals surface area contributed by atoms with Gasteiger partial charge in [0.1, 0.15) is 17.7 Å². The van der Waals surface area contributed by atoms with Gasteiger partial charge in [-0.1, -0.05) is 30.3 Å². The SMILES string of the molecule is Cc1cc(NCCO)nc(NCCc2ccccc2)c1C#N. The van der Waals surface area contributed by atoms with E-state index in [4.69, 9.17) is 5.11 Å². The number of nitrogens with zero attached hydrogens (tertiary/aromatic N) is 2. The molecule has 0 radical (unpaired) electrons. The second-order valence-corrected chi connectivity index (χ2v) is 4.97. The van der Waals surface area contributed by atoms with Crippen molar-refractivity contribution in [3.63, 3.8) is 0 Å². The van der Waals surface area contributed by atoms with E-state index in [0.717, 1.165) is 12.0 Å². The first-order valence-electron chi connectivity index (χ1n) is 7.29. The van der Waals surface area contributed by atoms with E-state index in [9.17, 15) is 5.26 Å². The first-order valence-corrected chi connectivity index (χ1v) is 7.29. The summed E-state index contributed by atoms with van der Waals surface area (Å²) in [7, 11) is 0. The number of hydrogen-bond donors (Lipinski definition) is 3. The van der Waals surface area contributed by atoms with Crippen molar-refractivity contribution >= 4 is 11.6 Å². The summed E-state index contributed by atoms with van der Waals surface area (Å²) in [6, 6.07) is 14.2. The Bertz CT molecular complexity index is 650. The monoisotopic (exact) mass is 296 g/mol. The Morgan fingerprint density at radius 3 is 2.64 bits per heavy atom. The second kappa shape index (κ2) is 8.01. The fraction of sp³-hybridized carbons (Fsp3) is 0.294. The molecular weight excluding hydrogens is 276 g/mol. The lowest BCUT2D eigenvalue weighted by atomic mass is 10.1. The molecule has 0 unspecified atom stereocenters. The van der Waals surface area contributed by atoms with Gasteiger partial charge in [0, 0.05) is 13.1 Å². The second-order valence-electron chi connectivity index (χ2n) is 4.97. The van der Waals surface area contributed by atoms with Crippen molar-refractivity contribution in [2.24, 2.45) is 0 Å². The molecule has 2 rings (SSSR count). The molecule has 0 fully saturated rings. The predicted octanol–water partition coefficient (Wildman–Crippen LogP) is 2.32. The third-order valence-electron chi connectivity index (χ3n) is 3.30. The van der Waals surface area contributed by atoms with Gasteiger partial charge >= 0.3 is 0 Å². The van der Waals surface area contributed by atoms with Crippen molar-refractivity contribution < 1.29 is 5.11 Å². The lowest BCUT2D eigenvalue weighted by molar-refractivity contribution is 0.311. The van der Waals surface area contributed by atoms with Crippen LogP contribution in [-0.2, 0) is 6.42 Å². The van der Waals surface area contributed by atoms with Gasteiger partial charge in [-0.3, -0.25) is 0 Å². The fourth-order valence-electron chi connectivity index (χ4n) is 2.19. The predicted molar refractivity (Wildman–Crippen MR) is 87.9 cm³/mol. The number of nitriles is 1. The number of aromatic nitrogens is 1. The molecule has 0 atom stereocenters. The number of aliphatic hydroxyl groups excluding tert-OH is 1. The quantitative estimate of drug-likeness (QED) is 0.730. The third-order valence-corrected chi connectivity index (χ3v) is 3.30. The lowest BCUT2D eigenvalue weighted by Crippen LogP contribution is -2.12. The summed E-state index contributed by atoms with van der Waals surface area (Å²) in [6.45, 7) is 3.06. The molecular formula is C17H20N4O. The van der Waals surface area contributed by atoms with Crippen LogP contribution in [-0.4, -0.2) is 29.8 Å². The normalized spacial score (nSPS) is 10.0. The summed E-state index contributed by atoms with van der Waals surface area (Å²) in [6.07, 6.45) is 0.862. The van der Waals surface area contributed by atoms with Crippen molar-refractivity contribution in [2.75, 3.05) is 30.3 Å². The molecule has 0 amide bonds. The highest BCUT2D eigenvalue weighted by atomic mass is 16.3. The van der Waals surface area contributed by atoms with Crippen LogP contribution in [0.5, 0.6) is 0 Å². The maximum absolute atomic E-state index is 9.29. The van der Waals surface area contributed by atoms with Crippen molar-refractivity contribution in [1.29, 1.82) is 5.26 Å². The number of benzene rings is 1. The number of rotatable bonds is 7. The van der Waals surface area contributed by atoms with Crippen LogP contribution in [0.15, 0.2) is 36.4 Å². The van der Waals surface area contributed by atoms with E-state index in [-0.39, 0.29) is 6.61 Å². The van der Waals surface area contributed by atoms with Gasteiger partial charge in [0.2, 0.25) is 0 Å². The highest BCUT2D eigenvalue weighted by Gasteiger charge is 2.09. The zero-order valence-electron chi connectivity index (χ0n) is 12.6. The molecule has 1 heterocycles. The molecule has 3 N–H and O–H groups in total. The molecule has 1 aromatic heterocycles. The fourth-order valence-corrected chi connectivity index (χ4v) is 2.19. The van der Waals surface area contributed by atoms with Gasteiger partial charge in [-0.05, 0) is 30.5 Å². The molecule has 5 nitrogen and oxygen atoms in total. The standard InChI is InChI=1S/C17H20N4O/c1-13-11-16(19-9-10-22)21-17(15(13)12-18)20-8-7-14-5-3-2-4-6-14/h2-6,11,22H,7-10H2,1H3,(H2,19,20,21). The molecule has 0 spiro atoms. The third kappa shape index (κ3) is 4.21.